The maximum Gasteiger partial charge on any atom is 0.0249 e. The summed E-state index contributed by atoms with van der Waals surface area (Å²) in [5.41, 5.74) is 0.782. The Morgan fingerprint density at radius 3 is 2.38 bits per heavy atom. The van der Waals surface area contributed by atoms with Crippen LogP contribution in [0.15, 0.2) is 0 Å². The number of likely N-dealkylation sites (N-methyl/N-ethyl adjacent to an activating group) is 1. The molecule has 1 fully saturated rings. The van der Waals surface area contributed by atoms with Crippen LogP contribution in [0.2, 0.25) is 0 Å². The van der Waals surface area contributed by atoms with Crippen molar-refractivity contribution in [3.8, 4) is 0 Å². The van der Waals surface area contributed by atoms with E-state index in [2.05, 4.69) is 37.9 Å². The zero-order valence-electron chi connectivity index (χ0n) is 9.78. The Morgan fingerprint density at radius 2 is 2.00 bits per heavy atom. The highest BCUT2D eigenvalue weighted by atomic mass is 15.2. The van der Waals surface area contributed by atoms with Gasteiger partial charge in [-0.25, -0.2) is 0 Å². The SMILES string of the molecule is CNC(C)(C)CN1CCC(C)(C)C1. The fourth-order valence-electron chi connectivity index (χ4n) is 2.00. The van der Waals surface area contributed by atoms with Crippen LogP contribution in [0.3, 0.4) is 0 Å². The summed E-state index contributed by atoms with van der Waals surface area (Å²) < 4.78 is 0. The second-order valence-electron chi connectivity index (χ2n) is 5.76. The first-order valence-corrected chi connectivity index (χ1v) is 5.26. The molecule has 1 heterocycles. The molecule has 0 bridgehead atoms. The van der Waals surface area contributed by atoms with Crippen LogP contribution in [0.25, 0.3) is 0 Å². The van der Waals surface area contributed by atoms with Crippen molar-refractivity contribution in [3.05, 3.63) is 0 Å². The molecule has 0 aromatic rings. The number of nitrogens with one attached hydrogen (secondary N) is 1. The minimum absolute atomic E-state index is 0.250. The van der Waals surface area contributed by atoms with Gasteiger partial charge in [-0.2, -0.15) is 0 Å². The predicted molar refractivity (Wildman–Crippen MR) is 58.0 cm³/mol. The van der Waals surface area contributed by atoms with Gasteiger partial charge in [-0.3, -0.25) is 0 Å². The Kier molecular flexibility index (Phi) is 3.03. The van der Waals surface area contributed by atoms with Crippen LogP contribution in [0.4, 0.5) is 0 Å². The minimum Gasteiger partial charge on any atom is -0.314 e. The molecule has 1 aliphatic heterocycles. The second kappa shape index (κ2) is 3.58. The highest BCUT2D eigenvalue weighted by Crippen LogP contribution is 2.29. The molecule has 0 saturated carbocycles. The molecular weight excluding hydrogens is 160 g/mol. The van der Waals surface area contributed by atoms with Gasteiger partial charge >= 0.3 is 0 Å². The van der Waals surface area contributed by atoms with Crippen LogP contribution in [0.5, 0.6) is 0 Å². The molecule has 2 heteroatoms. The second-order valence-corrected chi connectivity index (χ2v) is 5.76. The van der Waals surface area contributed by atoms with E-state index in [0.29, 0.717) is 5.41 Å². The molecule has 1 N–H and O–H groups in total. The van der Waals surface area contributed by atoms with Crippen LogP contribution >= 0.6 is 0 Å². The normalized spacial score (nSPS) is 23.8. The average Bonchev–Trinajstić information content (AvgIpc) is 2.29. The van der Waals surface area contributed by atoms with Crippen LogP contribution in [0, 0.1) is 5.41 Å². The summed E-state index contributed by atoms with van der Waals surface area (Å²) in [7, 11) is 2.04. The molecule has 0 aliphatic carbocycles. The fourth-order valence-corrected chi connectivity index (χ4v) is 2.00. The van der Waals surface area contributed by atoms with Crippen molar-refractivity contribution in [2.75, 3.05) is 26.7 Å². The molecule has 0 amide bonds. The quantitative estimate of drug-likeness (QED) is 0.718. The highest BCUT2D eigenvalue weighted by Gasteiger charge is 2.31. The van der Waals surface area contributed by atoms with Crippen LogP contribution in [-0.2, 0) is 0 Å². The Bertz CT molecular complexity index is 173. The lowest BCUT2D eigenvalue weighted by atomic mass is 9.93. The number of hydrogen-bond donors (Lipinski definition) is 1. The predicted octanol–water partition coefficient (Wildman–Crippen LogP) is 1.72. The van der Waals surface area contributed by atoms with Crippen molar-refractivity contribution in [2.24, 2.45) is 5.41 Å². The number of nitrogens with zero attached hydrogens (tertiary/aromatic N) is 1. The molecule has 2 nitrogen and oxygen atoms in total. The van der Waals surface area contributed by atoms with Gasteiger partial charge in [0.15, 0.2) is 0 Å². The van der Waals surface area contributed by atoms with Gasteiger partial charge in [0.2, 0.25) is 0 Å². The van der Waals surface area contributed by atoms with E-state index < -0.39 is 0 Å². The van der Waals surface area contributed by atoms with Crippen molar-refractivity contribution in [1.82, 2.24) is 10.2 Å². The Labute approximate surface area is 82.7 Å². The summed E-state index contributed by atoms with van der Waals surface area (Å²) in [6, 6.07) is 0. The first kappa shape index (κ1) is 11.0. The fraction of sp³-hybridized carbons (Fsp3) is 1.00. The number of hydrogen-bond acceptors (Lipinski definition) is 2. The summed E-state index contributed by atoms with van der Waals surface area (Å²) in [6.45, 7) is 12.9. The highest BCUT2D eigenvalue weighted by molar-refractivity contribution is 4.88. The third-order valence-electron chi connectivity index (χ3n) is 3.05. The smallest absolute Gasteiger partial charge is 0.0249 e. The van der Waals surface area contributed by atoms with Crippen molar-refractivity contribution in [3.63, 3.8) is 0 Å². The Hall–Kier alpha value is -0.0800. The molecule has 1 saturated heterocycles. The summed E-state index contributed by atoms with van der Waals surface area (Å²) >= 11 is 0. The van der Waals surface area contributed by atoms with Gasteiger partial charge in [0, 0.05) is 18.6 Å². The summed E-state index contributed by atoms with van der Waals surface area (Å²) in [5.74, 6) is 0. The molecule has 0 aromatic heterocycles. The largest absolute Gasteiger partial charge is 0.314 e. The topological polar surface area (TPSA) is 15.3 Å². The van der Waals surface area contributed by atoms with Crippen molar-refractivity contribution in [2.45, 2.75) is 39.7 Å². The third kappa shape index (κ3) is 3.28. The van der Waals surface area contributed by atoms with Gasteiger partial charge in [0.25, 0.3) is 0 Å². The van der Waals surface area contributed by atoms with E-state index >= 15 is 0 Å². The Balaban J connectivity index is 2.40. The summed E-state index contributed by atoms with van der Waals surface area (Å²) in [4.78, 5) is 2.57. The molecule has 13 heavy (non-hydrogen) atoms. The summed E-state index contributed by atoms with van der Waals surface area (Å²) in [5, 5.41) is 3.35. The van der Waals surface area contributed by atoms with Crippen molar-refractivity contribution < 1.29 is 0 Å². The molecule has 0 aromatic carbocycles. The average molecular weight is 184 g/mol. The van der Waals surface area contributed by atoms with E-state index in [0.717, 1.165) is 6.54 Å². The van der Waals surface area contributed by atoms with Crippen LogP contribution < -0.4 is 5.32 Å². The van der Waals surface area contributed by atoms with Gasteiger partial charge in [-0.15, -0.1) is 0 Å². The molecule has 0 spiro atoms. The lowest BCUT2D eigenvalue weighted by Crippen LogP contribution is -2.47. The lowest BCUT2D eigenvalue weighted by Gasteiger charge is -2.30. The third-order valence-corrected chi connectivity index (χ3v) is 3.05. The van der Waals surface area contributed by atoms with Crippen molar-refractivity contribution in [1.29, 1.82) is 0 Å². The molecule has 0 atom stereocenters. The summed E-state index contributed by atoms with van der Waals surface area (Å²) in [6.07, 6.45) is 1.34. The van der Waals surface area contributed by atoms with Gasteiger partial charge in [-0.1, -0.05) is 13.8 Å². The monoisotopic (exact) mass is 184 g/mol. The molecule has 0 unspecified atom stereocenters. The lowest BCUT2D eigenvalue weighted by molar-refractivity contribution is 0.224. The molecule has 78 valence electrons. The number of rotatable bonds is 3. The van der Waals surface area contributed by atoms with Crippen LogP contribution in [0.1, 0.15) is 34.1 Å². The van der Waals surface area contributed by atoms with E-state index in [1.807, 2.05) is 7.05 Å². The van der Waals surface area contributed by atoms with Gasteiger partial charge in [0.05, 0.1) is 0 Å². The standard InChI is InChI=1S/C11H24N2/c1-10(2)6-7-13(8-10)9-11(3,4)12-5/h12H,6-9H2,1-5H3. The maximum atomic E-state index is 3.35. The van der Waals surface area contributed by atoms with Gasteiger partial charge in [-0.05, 0) is 39.3 Å². The van der Waals surface area contributed by atoms with Crippen LogP contribution in [-0.4, -0.2) is 37.1 Å². The zero-order chi connectivity index (χ0) is 10.1. The molecular formula is C11H24N2. The van der Waals surface area contributed by atoms with Gasteiger partial charge < -0.3 is 10.2 Å². The maximum absolute atomic E-state index is 3.35. The van der Waals surface area contributed by atoms with E-state index in [-0.39, 0.29) is 5.54 Å². The first-order valence-electron chi connectivity index (χ1n) is 5.26. The molecule has 1 aliphatic rings. The zero-order valence-corrected chi connectivity index (χ0v) is 9.78. The molecule has 1 rings (SSSR count). The van der Waals surface area contributed by atoms with E-state index in [4.69, 9.17) is 0 Å². The molecule has 0 radical (unpaired) electrons. The van der Waals surface area contributed by atoms with Gasteiger partial charge in [0.1, 0.15) is 0 Å². The Morgan fingerprint density at radius 1 is 1.38 bits per heavy atom. The van der Waals surface area contributed by atoms with E-state index in [9.17, 15) is 0 Å². The minimum atomic E-state index is 0.250. The van der Waals surface area contributed by atoms with Crippen molar-refractivity contribution >= 4 is 0 Å². The number of likely N-dealkylation sites (tertiary alicyclic amines) is 1. The van der Waals surface area contributed by atoms with E-state index in [1.165, 1.54) is 19.5 Å². The van der Waals surface area contributed by atoms with E-state index in [1.54, 1.807) is 0 Å². The first-order chi connectivity index (χ1) is 5.85.